The molecule has 0 aromatic heterocycles. The SMILES string of the molecule is NC1(CCCC(=O)O)CC1. The number of carboxylic acids is 1. The second-order valence-electron chi connectivity index (χ2n) is 3.11. The van der Waals surface area contributed by atoms with E-state index >= 15 is 0 Å². The summed E-state index contributed by atoms with van der Waals surface area (Å²) in [6.07, 6.45) is 4.02. The van der Waals surface area contributed by atoms with Gasteiger partial charge in [0.25, 0.3) is 0 Å². The van der Waals surface area contributed by atoms with Crippen LogP contribution in [0.3, 0.4) is 0 Å². The van der Waals surface area contributed by atoms with E-state index in [0.29, 0.717) is 0 Å². The summed E-state index contributed by atoms with van der Waals surface area (Å²) >= 11 is 0. The first-order valence-electron chi connectivity index (χ1n) is 3.63. The van der Waals surface area contributed by atoms with Crippen molar-refractivity contribution in [1.82, 2.24) is 0 Å². The van der Waals surface area contributed by atoms with Gasteiger partial charge in [-0.2, -0.15) is 0 Å². The van der Waals surface area contributed by atoms with Crippen LogP contribution in [0.25, 0.3) is 0 Å². The Bertz CT molecular complexity index is 141. The molecule has 0 spiro atoms. The summed E-state index contributed by atoms with van der Waals surface area (Å²) in [6.45, 7) is 0. The predicted molar refractivity (Wildman–Crippen MR) is 37.6 cm³/mol. The van der Waals surface area contributed by atoms with E-state index in [-0.39, 0.29) is 12.0 Å². The summed E-state index contributed by atoms with van der Waals surface area (Å²) in [4.78, 5) is 10.1. The molecule has 0 aromatic carbocycles. The largest absolute Gasteiger partial charge is 0.481 e. The molecule has 1 aliphatic rings. The molecule has 0 amide bonds. The lowest BCUT2D eigenvalue weighted by molar-refractivity contribution is -0.137. The molecule has 1 saturated carbocycles. The topological polar surface area (TPSA) is 63.3 Å². The second-order valence-corrected chi connectivity index (χ2v) is 3.11. The Balaban J connectivity index is 2.00. The van der Waals surface area contributed by atoms with Crippen LogP contribution in [0.1, 0.15) is 32.1 Å². The van der Waals surface area contributed by atoms with Gasteiger partial charge >= 0.3 is 5.97 Å². The fourth-order valence-corrected chi connectivity index (χ4v) is 1.00. The molecule has 3 nitrogen and oxygen atoms in total. The van der Waals surface area contributed by atoms with E-state index in [4.69, 9.17) is 10.8 Å². The van der Waals surface area contributed by atoms with E-state index in [1.165, 1.54) is 0 Å². The quantitative estimate of drug-likeness (QED) is 0.609. The first kappa shape index (κ1) is 7.54. The Labute approximate surface area is 60.2 Å². The van der Waals surface area contributed by atoms with Crippen LogP contribution in [0.2, 0.25) is 0 Å². The van der Waals surface area contributed by atoms with Gasteiger partial charge in [-0.1, -0.05) is 0 Å². The van der Waals surface area contributed by atoms with Crippen LogP contribution in [0.5, 0.6) is 0 Å². The summed E-state index contributed by atoms with van der Waals surface area (Å²) in [5.74, 6) is -0.718. The van der Waals surface area contributed by atoms with Crippen molar-refractivity contribution in [2.45, 2.75) is 37.6 Å². The molecule has 58 valence electrons. The van der Waals surface area contributed by atoms with Gasteiger partial charge in [0.1, 0.15) is 0 Å². The maximum absolute atomic E-state index is 10.1. The van der Waals surface area contributed by atoms with Crippen LogP contribution >= 0.6 is 0 Å². The molecule has 0 heterocycles. The summed E-state index contributed by atoms with van der Waals surface area (Å²) in [5.41, 5.74) is 5.76. The number of nitrogens with two attached hydrogens (primary N) is 1. The Morgan fingerprint density at radius 3 is 2.60 bits per heavy atom. The van der Waals surface area contributed by atoms with Crippen molar-refractivity contribution >= 4 is 5.97 Å². The van der Waals surface area contributed by atoms with Crippen molar-refractivity contribution in [3.63, 3.8) is 0 Å². The summed E-state index contributed by atoms with van der Waals surface area (Å²) in [5, 5.41) is 8.29. The maximum atomic E-state index is 10.1. The maximum Gasteiger partial charge on any atom is 0.303 e. The van der Waals surface area contributed by atoms with Crippen LogP contribution in [-0.2, 0) is 4.79 Å². The third kappa shape index (κ3) is 2.35. The van der Waals surface area contributed by atoms with Crippen LogP contribution in [-0.4, -0.2) is 16.6 Å². The molecule has 0 aromatic rings. The molecule has 0 bridgehead atoms. The number of carbonyl (C=O) groups is 1. The number of rotatable bonds is 4. The Hall–Kier alpha value is -0.570. The molecule has 0 radical (unpaired) electrons. The van der Waals surface area contributed by atoms with Crippen molar-refractivity contribution in [3.05, 3.63) is 0 Å². The minimum Gasteiger partial charge on any atom is -0.481 e. The van der Waals surface area contributed by atoms with Crippen molar-refractivity contribution in [1.29, 1.82) is 0 Å². The van der Waals surface area contributed by atoms with Gasteiger partial charge in [0.15, 0.2) is 0 Å². The fraction of sp³-hybridized carbons (Fsp3) is 0.857. The number of aliphatic carboxylic acids is 1. The highest BCUT2D eigenvalue weighted by Crippen LogP contribution is 2.36. The highest BCUT2D eigenvalue weighted by Gasteiger charge is 2.37. The summed E-state index contributed by atoms with van der Waals surface area (Å²) in [6, 6.07) is 0. The lowest BCUT2D eigenvalue weighted by Gasteiger charge is -2.04. The first-order chi connectivity index (χ1) is 4.62. The number of hydrogen-bond donors (Lipinski definition) is 2. The first-order valence-corrected chi connectivity index (χ1v) is 3.63. The molecule has 1 fully saturated rings. The second kappa shape index (κ2) is 2.58. The molecule has 3 N–H and O–H groups in total. The van der Waals surface area contributed by atoms with Gasteiger partial charge in [0, 0.05) is 12.0 Å². The molecular weight excluding hydrogens is 130 g/mol. The van der Waals surface area contributed by atoms with Crippen molar-refractivity contribution in [2.24, 2.45) is 5.73 Å². The van der Waals surface area contributed by atoms with Gasteiger partial charge in [-0.25, -0.2) is 0 Å². The molecule has 1 aliphatic carbocycles. The van der Waals surface area contributed by atoms with E-state index in [1.54, 1.807) is 0 Å². The molecule has 10 heavy (non-hydrogen) atoms. The summed E-state index contributed by atoms with van der Waals surface area (Å²) in [7, 11) is 0. The summed E-state index contributed by atoms with van der Waals surface area (Å²) < 4.78 is 0. The molecule has 0 aliphatic heterocycles. The van der Waals surface area contributed by atoms with Gasteiger partial charge in [0.05, 0.1) is 0 Å². The van der Waals surface area contributed by atoms with Crippen LogP contribution in [0, 0.1) is 0 Å². The average Bonchev–Trinajstić information content (AvgIpc) is 2.47. The normalized spacial score (nSPS) is 20.5. The van der Waals surface area contributed by atoms with Gasteiger partial charge in [-0.15, -0.1) is 0 Å². The number of carboxylic acid groups (broad SMARTS) is 1. The molecule has 1 rings (SSSR count). The zero-order valence-electron chi connectivity index (χ0n) is 5.97. The minimum atomic E-state index is -0.718. The van der Waals surface area contributed by atoms with E-state index < -0.39 is 5.97 Å². The van der Waals surface area contributed by atoms with E-state index in [1.807, 2.05) is 0 Å². The monoisotopic (exact) mass is 143 g/mol. The highest BCUT2D eigenvalue weighted by molar-refractivity contribution is 5.66. The van der Waals surface area contributed by atoms with Gasteiger partial charge in [-0.3, -0.25) is 4.79 Å². The lowest BCUT2D eigenvalue weighted by atomic mass is 10.1. The fourth-order valence-electron chi connectivity index (χ4n) is 1.00. The molecular formula is C7H13NO2. The standard InChI is InChI=1S/C7H13NO2/c8-7(4-5-7)3-1-2-6(9)10/h1-5,8H2,(H,9,10). The van der Waals surface area contributed by atoms with Crippen molar-refractivity contribution in [2.75, 3.05) is 0 Å². The van der Waals surface area contributed by atoms with Crippen LogP contribution < -0.4 is 5.73 Å². The van der Waals surface area contributed by atoms with Crippen LogP contribution in [0.4, 0.5) is 0 Å². The van der Waals surface area contributed by atoms with Crippen LogP contribution in [0.15, 0.2) is 0 Å². The van der Waals surface area contributed by atoms with Gasteiger partial charge in [0.2, 0.25) is 0 Å². The predicted octanol–water partition coefficient (Wildman–Crippen LogP) is 0.733. The number of hydrogen-bond acceptors (Lipinski definition) is 2. The van der Waals surface area contributed by atoms with Crippen molar-refractivity contribution in [3.8, 4) is 0 Å². The molecule has 3 heteroatoms. The lowest BCUT2D eigenvalue weighted by Crippen LogP contribution is -2.21. The molecule has 0 atom stereocenters. The van der Waals surface area contributed by atoms with Crippen molar-refractivity contribution < 1.29 is 9.90 Å². The highest BCUT2D eigenvalue weighted by atomic mass is 16.4. The zero-order chi connectivity index (χ0) is 7.61. The van der Waals surface area contributed by atoms with E-state index in [9.17, 15) is 4.79 Å². The van der Waals surface area contributed by atoms with E-state index in [2.05, 4.69) is 0 Å². The average molecular weight is 143 g/mol. The Kier molecular flexibility index (Phi) is 1.94. The third-order valence-corrected chi connectivity index (χ3v) is 1.96. The molecule has 0 unspecified atom stereocenters. The third-order valence-electron chi connectivity index (χ3n) is 1.96. The Morgan fingerprint density at radius 2 is 2.20 bits per heavy atom. The Morgan fingerprint density at radius 1 is 1.60 bits per heavy atom. The zero-order valence-corrected chi connectivity index (χ0v) is 5.97. The van der Waals surface area contributed by atoms with Gasteiger partial charge in [-0.05, 0) is 25.7 Å². The molecule has 0 saturated heterocycles. The van der Waals surface area contributed by atoms with E-state index in [0.717, 1.165) is 25.7 Å². The smallest absolute Gasteiger partial charge is 0.303 e. The van der Waals surface area contributed by atoms with Gasteiger partial charge < -0.3 is 10.8 Å². The minimum absolute atomic E-state index is 0.0233.